The summed E-state index contributed by atoms with van der Waals surface area (Å²) in [5, 5.41) is 0. The SMILES string of the molecule is NNNc1ccccc1S. The first kappa shape index (κ1) is 7.40. The number of nitrogens with one attached hydrogen (secondary N) is 2. The van der Waals surface area contributed by atoms with E-state index in [1.807, 2.05) is 24.3 Å². The number of nitrogens with two attached hydrogens (primary N) is 1. The number of anilines is 1. The molecule has 54 valence electrons. The lowest BCUT2D eigenvalue weighted by Gasteiger charge is -2.04. The highest BCUT2D eigenvalue weighted by atomic mass is 32.1. The molecule has 0 radical (unpaired) electrons. The minimum absolute atomic E-state index is 0.862. The van der Waals surface area contributed by atoms with Gasteiger partial charge in [0.1, 0.15) is 0 Å². The summed E-state index contributed by atoms with van der Waals surface area (Å²) in [6.45, 7) is 0. The Hall–Kier alpha value is -0.710. The van der Waals surface area contributed by atoms with E-state index in [2.05, 4.69) is 23.6 Å². The van der Waals surface area contributed by atoms with Crippen molar-refractivity contribution in [2.75, 3.05) is 5.43 Å². The minimum Gasteiger partial charge on any atom is -0.307 e. The third-order valence-corrected chi connectivity index (χ3v) is 1.50. The van der Waals surface area contributed by atoms with Gasteiger partial charge >= 0.3 is 0 Å². The summed E-state index contributed by atoms with van der Waals surface area (Å²) < 4.78 is 0. The van der Waals surface area contributed by atoms with Gasteiger partial charge in [0.05, 0.1) is 5.69 Å². The summed E-state index contributed by atoms with van der Waals surface area (Å²) in [5.41, 5.74) is 5.92. The van der Waals surface area contributed by atoms with Gasteiger partial charge in [0.15, 0.2) is 0 Å². The van der Waals surface area contributed by atoms with E-state index < -0.39 is 0 Å². The van der Waals surface area contributed by atoms with E-state index in [4.69, 9.17) is 5.84 Å². The maximum atomic E-state index is 5.03. The van der Waals surface area contributed by atoms with E-state index in [9.17, 15) is 0 Å². The molecule has 0 heterocycles. The Labute approximate surface area is 65.0 Å². The zero-order valence-corrected chi connectivity index (χ0v) is 6.23. The van der Waals surface area contributed by atoms with Crippen molar-refractivity contribution in [2.45, 2.75) is 4.90 Å². The third-order valence-electron chi connectivity index (χ3n) is 1.11. The summed E-state index contributed by atoms with van der Waals surface area (Å²) in [4.78, 5) is 0.862. The number of rotatable bonds is 2. The van der Waals surface area contributed by atoms with Crippen LogP contribution < -0.4 is 16.8 Å². The van der Waals surface area contributed by atoms with Gasteiger partial charge in [0.25, 0.3) is 0 Å². The number of para-hydroxylation sites is 1. The molecule has 3 nitrogen and oxygen atoms in total. The molecule has 1 aromatic carbocycles. The van der Waals surface area contributed by atoms with Gasteiger partial charge in [-0.2, -0.15) is 5.53 Å². The fourth-order valence-corrected chi connectivity index (χ4v) is 0.874. The zero-order chi connectivity index (χ0) is 7.40. The number of hydrogen-bond acceptors (Lipinski definition) is 4. The fourth-order valence-electron chi connectivity index (χ4n) is 0.657. The maximum Gasteiger partial charge on any atom is 0.0634 e. The van der Waals surface area contributed by atoms with Crippen molar-refractivity contribution in [3.63, 3.8) is 0 Å². The van der Waals surface area contributed by atoms with E-state index in [-0.39, 0.29) is 0 Å². The topological polar surface area (TPSA) is 50.1 Å². The molecule has 0 aliphatic heterocycles. The summed E-state index contributed by atoms with van der Waals surface area (Å²) >= 11 is 4.17. The van der Waals surface area contributed by atoms with Crippen molar-refractivity contribution in [3.8, 4) is 0 Å². The second-order valence-electron chi connectivity index (χ2n) is 1.79. The standard InChI is InChI=1S/C6H9N3S/c7-9-8-5-3-1-2-4-6(5)10/h1-4,8-10H,7H2. The van der Waals surface area contributed by atoms with Crippen molar-refractivity contribution < 1.29 is 0 Å². The first-order valence-electron chi connectivity index (χ1n) is 2.84. The summed E-state index contributed by atoms with van der Waals surface area (Å²) in [5.74, 6) is 5.03. The molecule has 0 bridgehead atoms. The molecular weight excluding hydrogens is 146 g/mol. The van der Waals surface area contributed by atoms with Crippen LogP contribution in [0.4, 0.5) is 5.69 Å². The van der Waals surface area contributed by atoms with Crippen LogP contribution in [0.25, 0.3) is 0 Å². The van der Waals surface area contributed by atoms with Crippen LogP contribution >= 0.6 is 12.6 Å². The zero-order valence-electron chi connectivity index (χ0n) is 5.33. The predicted octanol–water partition coefficient (Wildman–Crippen LogP) is 0.765. The van der Waals surface area contributed by atoms with E-state index in [0.717, 1.165) is 10.6 Å². The van der Waals surface area contributed by atoms with Crippen LogP contribution in [0, 0.1) is 0 Å². The maximum absolute atomic E-state index is 5.03. The Bertz CT molecular complexity index is 214. The third kappa shape index (κ3) is 1.63. The van der Waals surface area contributed by atoms with Crippen LogP contribution in [0.2, 0.25) is 0 Å². The van der Waals surface area contributed by atoms with Crippen molar-refractivity contribution >= 4 is 18.3 Å². The molecule has 1 rings (SSSR count). The molecule has 0 spiro atoms. The highest BCUT2D eigenvalue weighted by Crippen LogP contribution is 2.16. The van der Waals surface area contributed by atoms with Crippen LogP contribution in [-0.2, 0) is 0 Å². The van der Waals surface area contributed by atoms with Gasteiger partial charge < -0.3 is 5.43 Å². The van der Waals surface area contributed by atoms with Gasteiger partial charge in [-0.3, -0.25) is 5.84 Å². The molecule has 0 fully saturated rings. The second kappa shape index (κ2) is 3.46. The van der Waals surface area contributed by atoms with Crippen molar-refractivity contribution in [2.24, 2.45) is 5.84 Å². The first-order valence-corrected chi connectivity index (χ1v) is 3.29. The predicted molar refractivity (Wildman–Crippen MR) is 44.6 cm³/mol. The van der Waals surface area contributed by atoms with E-state index in [1.165, 1.54) is 0 Å². The fraction of sp³-hybridized carbons (Fsp3) is 0. The normalized spacial score (nSPS) is 9.40. The monoisotopic (exact) mass is 155 g/mol. The van der Waals surface area contributed by atoms with E-state index >= 15 is 0 Å². The average molecular weight is 155 g/mol. The van der Waals surface area contributed by atoms with Crippen LogP contribution in [0.15, 0.2) is 29.2 Å². The molecule has 0 saturated carbocycles. The van der Waals surface area contributed by atoms with E-state index in [1.54, 1.807) is 0 Å². The molecular formula is C6H9N3S. The molecule has 0 aliphatic rings. The molecule has 4 N–H and O–H groups in total. The Morgan fingerprint density at radius 3 is 2.60 bits per heavy atom. The lowest BCUT2D eigenvalue weighted by Crippen LogP contribution is -2.28. The molecule has 0 unspecified atom stereocenters. The van der Waals surface area contributed by atoms with Gasteiger partial charge in [0, 0.05) is 4.90 Å². The second-order valence-corrected chi connectivity index (χ2v) is 2.27. The smallest absolute Gasteiger partial charge is 0.0634 e. The Morgan fingerprint density at radius 2 is 2.00 bits per heavy atom. The molecule has 0 aliphatic carbocycles. The Kier molecular flexibility index (Phi) is 2.56. The van der Waals surface area contributed by atoms with Crippen molar-refractivity contribution in [1.82, 2.24) is 5.53 Å². The quantitative estimate of drug-likeness (QED) is 0.290. The molecule has 0 saturated heterocycles. The molecule has 0 aromatic heterocycles. The summed E-state index contributed by atoms with van der Waals surface area (Å²) in [7, 11) is 0. The van der Waals surface area contributed by atoms with Crippen LogP contribution in [0.5, 0.6) is 0 Å². The van der Waals surface area contributed by atoms with E-state index in [0.29, 0.717) is 0 Å². The van der Waals surface area contributed by atoms with Gasteiger partial charge in [0.2, 0.25) is 0 Å². The number of thiol groups is 1. The molecule has 1 aromatic rings. The number of benzene rings is 1. The minimum atomic E-state index is 0.862. The molecule has 0 amide bonds. The average Bonchev–Trinajstić information content (AvgIpc) is 1.94. The van der Waals surface area contributed by atoms with Gasteiger partial charge in [-0.25, -0.2) is 0 Å². The Balaban J connectivity index is 2.81. The van der Waals surface area contributed by atoms with Crippen LogP contribution in [-0.4, -0.2) is 0 Å². The molecule has 4 heteroatoms. The molecule has 10 heavy (non-hydrogen) atoms. The Morgan fingerprint density at radius 1 is 1.30 bits per heavy atom. The van der Waals surface area contributed by atoms with Crippen molar-refractivity contribution in [1.29, 1.82) is 0 Å². The van der Waals surface area contributed by atoms with Gasteiger partial charge in [-0.15, -0.1) is 12.6 Å². The van der Waals surface area contributed by atoms with Crippen LogP contribution in [0.3, 0.4) is 0 Å². The largest absolute Gasteiger partial charge is 0.307 e. The lowest BCUT2D eigenvalue weighted by atomic mass is 10.3. The first-order chi connectivity index (χ1) is 4.84. The highest BCUT2D eigenvalue weighted by Gasteiger charge is 1.91. The number of hydrazine groups is 2. The van der Waals surface area contributed by atoms with Crippen molar-refractivity contribution in [3.05, 3.63) is 24.3 Å². The number of hydrogen-bond donors (Lipinski definition) is 4. The lowest BCUT2D eigenvalue weighted by molar-refractivity contribution is 0.870. The van der Waals surface area contributed by atoms with Crippen LogP contribution in [0.1, 0.15) is 0 Å². The summed E-state index contributed by atoms with van der Waals surface area (Å²) in [6.07, 6.45) is 0. The van der Waals surface area contributed by atoms with Gasteiger partial charge in [-0.05, 0) is 12.1 Å². The molecule has 0 atom stereocenters. The van der Waals surface area contributed by atoms with Gasteiger partial charge in [-0.1, -0.05) is 12.1 Å². The highest BCUT2D eigenvalue weighted by molar-refractivity contribution is 7.80. The summed E-state index contributed by atoms with van der Waals surface area (Å²) in [6, 6.07) is 7.56.